The highest BCUT2D eigenvalue weighted by Crippen LogP contribution is 2.18. The number of anilines is 1. The fourth-order valence-corrected chi connectivity index (χ4v) is 1.91. The van der Waals surface area contributed by atoms with E-state index in [9.17, 15) is 0 Å². The summed E-state index contributed by atoms with van der Waals surface area (Å²) in [6, 6.07) is 2.36. The topological polar surface area (TPSA) is 55.0 Å². The Labute approximate surface area is 121 Å². The summed E-state index contributed by atoms with van der Waals surface area (Å²) in [5.41, 5.74) is 7.66. The van der Waals surface area contributed by atoms with E-state index in [1.807, 2.05) is 13.0 Å². The lowest BCUT2D eigenvalue weighted by molar-refractivity contribution is 0.660. The van der Waals surface area contributed by atoms with Crippen molar-refractivity contribution < 1.29 is 0 Å². The minimum atomic E-state index is 0.316. The Balaban J connectivity index is 3.04. The van der Waals surface area contributed by atoms with E-state index in [1.165, 1.54) is 0 Å². The average molecular weight is 280 g/mol. The quantitative estimate of drug-likeness (QED) is 0.812. The summed E-state index contributed by atoms with van der Waals surface area (Å²) in [4.78, 5) is 11.9. The Morgan fingerprint density at radius 1 is 1.32 bits per heavy atom. The van der Waals surface area contributed by atoms with Crippen molar-refractivity contribution in [2.75, 3.05) is 11.4 Å². The van der Waals surface area contributed by atoms with E-state index in [4.69, 9.17) is 18.0 Å². The minimum Gasteiger partial charge on any atom is -0.393 e. The summed E-state index contributed by atoms with van der Waals surface area (Å²) in [6.07, 6.45) is 0.682. The van der Waals surface area contributed by atoms with Crippen molar-refractivity contribution in [1.29, 1.82) is 0 Å². The van der Waals surface area contributed by atoms with Crippen LogP contribution in [-0.4, -0.2) is 27.5 Å². The van der Waals surface area contributed by atoms with Crippen molar-refractivity contribution in [1.82, 2.24) is 9.97 Å². The molecule has 1 rings (SSSR count). The van der Waals surface area contributed by atoms with Crippen molar-refractivity contribution >= 4 is 23.2 Å². The SMILES string of the molecule is Cc1cc(C(C)C)nc(N(CCC(N)=S)C(C)C)n1. The van der Waals surface area contributed by atoms with Crippen LogP contribution in [0.15, 0.2) is 6.07 Å². The molecule has 0 aliphatic carbocycles. The van der Waals surface area contributed by atoms with Crippen molar-refractivity contribution in [2.45, 2.75) is 53.0 Å². The van der Waals surface area contributed by atoms with E-state index < -0.39 is 0 Å². The molecular formula is C14H24N4S. The number of aromatic nitrogens is 2. The van der Waals surface area contributed by atoms with E-state index in [0.29, 0.717) is 23.4 Å². The van der Waals surface area contributed by atoms with E-state index in [2.05, 4.69) is 42.6 Å². The summed E-state index contributed by atoms with van der Waals surface area (Å²) >= 11 is 4.95. The lowest BCUT2D eigenvalue weighted by atomic mass is 10.1. The van der Waals surface area contributed by atoms with Crippen LogP contribution < -0.4 is 10.6 Å². The molecule has 0 fully saturated rings. The molecule has 2 N–H and O–H groups in total. The molecule has 0 amide bonds. The van der Waals surface area contributed by atoms with E-state index in [1.54, 1.807) is 0 Å². The first-order valence-corrected chi connectivity index (χ1v) is 7.12. The number of nitrogens with two attached hydrogens (primary N) is 1. The molecule has 1 aromatic heterocycles. The van der Waals surface area contributed by atoms with Gasteiger partial charge in [0.2, 0.25) is 5.95 Å². The van der Waals surface area contributed by atoms with Crippen molar-refractivity contribution in [2.24, 2.45) is 5.73 Å². The molecule has 4 nitrogen and oxygen atoms in total. The van der Waals surface area contributed by atoms with Crippen LogP contribution in [0.1, 0.15) is 51.4 Å². The monoisotopic (exact) mass is 280 g/mol. The molecule has 1 aromatic rings. The van der Waals surface area contributed by atoms with Gasteiger partial charge in [-0.3, -0.25) is 0 Å². The fraction of sp³-hybridized carbons (Fsp3) is 0.643. The smallest absolute Gasteiger partial charge is 0.226 e. The first-order valence-electron chi connectivity index (χ1n) is 6.71. The average Bonchev–Trinajstić information content (AvgIpc) is 2.27. The highest BCUT2D eigenvalue weighted by molar-refractivity contribution is 7.80. The predicted octanol–water partition coefficient (Wildman–Crippen LogP) is 2.80. The number of rotatable bonds is 6. The van der Waals surface area contributed by atoms with Gasteiger partial charge in [-0.05, 0) is 32.8 Å². The Bertz CT molecular complexity index is 443. The zero-order valence-electron chi connectivity index (χ0n) is 12.5. The first-order chi connectivity index (χ1) is 8.81. The molecule has 0 unspecified atom stereocenters. The third-order valence-corrected chi connectivity index (χ3v) is 3.14. The van der Waals surface area contributed by atoms with Gasteiger partial charge >= 0.3 is 0 Å². The van der Waals surface area contributed by atoms with Crippen LogP contribution >= 0.6 is 12.2 Å². The maximum absolute atomic E-state index is 5.59. The van der Waals surface area contributed by atoms with Gasteiger partial charge in [-0.1, -0.05) is 26.1 Å². The van der Waals surface area contributed by atoms with Gasteiger partial charge in [0.15, 0.2) is 0 Å². The fourth-order valence-electron chi connectivity index (χ4n) is 1.82. The number of hydrogen-bond donors (Lipinski definition) is 1. The van der Waals surface area contributed by atoms with Crippen LogP contribution in [0, 0.1) is 6.92 Å². The van der Waals surface area contributed by atoms with E-state index in [-0.39, 0.29) is 0 Å². The molecule has 0 aliphatic rings. The summed E-state index contributed by atoms with van der Waals surface area (Å²) in [5, 5.41) is 0. The molecule has 0 radical (unpaired) electrons. The third kappa shape index (κ3) is 4.74. The normalized spacial score (nSPS) is 11.1. The van der Waals surface area contributed by atoms with Crippen LogP contribution in [-0.2, 0) is 0 Å². The van der Waals surface area contributed by atoms with Crippen LogP contribution in [0.25, 0.3) is 0 Å². The van der Waals surface area contributed by atoms with Gasteiger partial charge in [-0.25, -0.2) is 9.97 Å². The van der Waals surface area contributed by atoms with E-state index in [0.717, 1.165) is 23.9 Å². The highest BCUT2D eigenvalue weighted by Gasteiger charge is 2.15. The number of thiocarbonyl (C=S) groups is 1. The summed E-state index contributed by atoms with van der Waals surface area (Å²) < 4.78 is 0. The second kappa shape index (κ2) is 6.80. The second-order valence-electron chi connectivity index (χ2n) is 5.39. The maximum Gasteiger partial charge on any atom is 0.226 e. The maximum atomic E-state index is 5.59. The lowest BCUT2D eigenvalue weighted by Gasteiger charge is -2.27. The van der Waals surface area contributed by atoms with Gasteiger partial charge in [0.05, 0.1) is 4.99 Å². The molecular weight excluding hydrogens is 256 g/mol. The first kappa shape index (κ1) is 15.8. The summed E-state index contributed by atoms with van der Waals surface area (Å²) in [6.45, 7) is 11.3. The minimum absolute atomic E-state index is 0.316. The lowest BCUT2D eigenvalue weighted by Crippen LogP contribution is -2.35. The Hall–Kier alpha value is -1.23. The van der Waals surface area contributed by atoms with Crippen LogP contribution in [0.3, 0.4) is 0 Å². The van der Waals surface area contributed by atoms with Gasteiger partial charge in [-0.15, -0.1) is 0 Å². The standard InChI is InChI=1S/C14H24N4S/c1-9(2)12-8-11(5)16-14(17-12)18(10(3)4)7-6-13(15)19/h8-10H,6-7H2,1-5H3,(H2,15,19). The van der Waals surface area contributed by atoms with Crippen LogP contribution in [0.5, 0.6) is 0 Å². The molecule has 0 spiro atoms. The molecule has 0 aliphatic heterocycles. The van der Waals surface area contributed by atoms with Gasteiger partial charge in [0, 0.05) is 30.4 Å². The molecule has 106 valence electrons. The van der Waals surface area contributed by atoms with Gasteiger partial charge in [0.1, 0.15) is 0 Å². The number of nitrogens with zero attached hydrogens (tertiary/aromatic N) is 3. The highest BCUT2D eigenvalue weighted by atomic mass is 32.1. The molecule has 1 heterocycles. The van der Waals surface area contributed by atoms with Crippen molar-refractivity contribution in [3.63, 3.8) is 0 Å². The Kier molecular flexibility index (Phi) is 5.66. The van der Waals surface area contributed by atoms with Crippen LogP contribution in [0.2, 0.25) is 0 Å². The second-order valence-corrected chi connectivity index (χ2v) is 5.92. The van der Waals surface area contributed by atoms with Crippen molar-refractivity contribution in [3.8, 4) is 0 Å². The third-order valence-electron chi connectivity index (χ3n) is 2.93. The molecule has 5 heteroatoms. The number of hydrogen-bond acceptors (Lipinski definition) is 4. The summed E-state index contributed by atoms with van der Waals surface area (Å²) in [5.74, 6) is 1.17. The number of aryl methyl sites for hydroxylation is 1. The molecule has 19 heavy (non-hydrogen) atoms. The Morgan fingerprint density at radius 2 is 1.95 bits per heavy atom. The molecule has 0 saturated heterocycles. The van der Waals surface area contributed by atoms with E-state index >= 15 is 0 Å². The summed E-state index contributed by atoms with van der Waals surface area (Å²) in [7, 11) is 0. The molecule has 0 saturated carbocycles. The van der Waals surface area contributed by atoms with Gasteiger partial charge in [0.25, 0.3) is 0 Å². The van der Waals surface area contributed by atoms with Gasteiger partial charge in [-0.2, -0.15) is 0 Å². The molecule has 0 atom stereocenters. The zero-order chi connectivity index (χ0) is 14.6. The van der Waals surface area contributed by atoms with Crippen molar-refractivity contribution in [3.05, 3.63) is 17.5 Å². The van der Waals surface area contributed by atoms with Gasteiger partial charge < -0.3 is 10.6 Å². The van der Waals surface area contributed by atoms with Crippen LogP contribution in [0.4, 0.5) is 5.95 Å². The Morgan fingerprint density at radius 3 is 2.42 bits per heavy atom. The largest absolute Gasteiger partial charge is 0.393 e. The zero-order valence-corrected chi connectivity index (χ0v) is 13.3. The predicted molar refractivity (Wildman–Crippen MR) is 84.7 cm³/mol. The molecule has 0 bridgehead atoms. The molecule has 0 aromatic carbocycles.